The fourth-order valence-electron chi connectivity index (χ4n) is 4.13. The number of halogens is 1. The van der Waals surface area contributed by atoms with Crippen molar-refractivity contribution in [3.63, 3.8) is 0 Å². The van der Waals surface area contributed by atoms with Crippen LogP contribution >= 0.6 is 11.6 Å². The lowest BCUT2D eigenvalue weighted by atomic mass is 10.2. The summed E-state index contributed by atoms with van der Waals surface area (Å²) in [5.74, 6) is 0.0281. The Morgan fingerprint density at radius 3 is 2.03 bits per heavy atom. The molecule has 4 rings (SSSR count). The first-order chi connectivity index (χ1) is 16.7. The maximum Gasteiger partial charge on any atom is 0.251 e. The standard InChI is InChI=1S/C23H28ClN3O6S2/c24-21-10-5-18(17-22(21)35(31,32)27-14-3-4-15-27)23(28)25-11-16-33-19-6-8-20(9-7-19)34(29,30)26-12-1-2-13-26/h5-10,17H,1-4,11-16H2,(H,25,28). The van der Waals surface area contributed by atoms with E-state index >= 15 is 0 Å². The fraction of sp³-hybridized carbons (Fsp3) is 0.435. The van der Waals surface area contributed by atoms with Gasteiger partial charge in [0.25, 0.3) is 5.91 Å². The maximum absolute atomic E-state index is 12.9. The lowest BCUT2D eigenvalue weighted by molar-refractivity contribution is 0.0946. The molecular weight excluding hydrogens is 514 g/mol. The molecule has 35 heavy (non-hydrogen) atoms. The summed E-state index contributed by atoms with van der Waals surface area (Å²) in [7, 11) is -7.24. The molecule has 0 spiro atoms. The largest absolute Gasteiger partial charge is 0.492 e. The normalized spacial score (nSPS) is 17.5. The van der Waals surface area contributed by atoms with Gasteiger partial charge in [0.1, 0.15) is 17.3 Å². The number of hydrogen-bond donors (Lipinski definition) is 1. The molecule has 2 heterocycles. The van der Waals surface area contributed by atoms with E-state index in [4.69, 9.17) is 16.3 Å². The molecule has 2 fully saturated rings. The molecule has 0 atom stereocenters. The van der Waals surface area contributed by atoms with Crippen LogP contribution < -0.4 is 10.1 Å². The molecule has 9 nitrogen and oxygen atoms in total. The Morgan fingerprint density at radius 2 is 1.43 bits per heavy atom. The molecule has 0 saturated carbocycles. The van der Waals surface area contributed by atoms with Crippen molar-refractivity contribution in [3.8, 4) is 5.75 Å². The summed E-state index contributed by atoms with van der Waals surface area (Å²) in [6, 6.07) is 10.4. The molecule has 2 aliphatic rings. The zero-order valence-corrected chi connectivity index (χ0v) is 21.5. The number of rotatable bonds is 9. The summed E-state index contributed by atoms with van der Waals surface area (Å²) >= 11 is 6.14. The van der Waals surface area contributed by atoms with Gasteiger partial charge in [0.2, 0.25) is 20.0 Å². The van der Waals surface area contributed by atoms with Gasteiger partial charge in [-0.15, -0.1) is 0 Å². The topological polar surface area (TPSA) is 113 Å². The molecule has 0 unspecified atom stereocenters. The van der Waals surface area contributed by atoms with Gasteiger partial charge in [-0.2, -0.15) is 8.61 Å². The van der Waals surface area contributed by atoms with Gasteiger partial charge < -0.3 is 10.1 Å². The number of carbonyl (C=O) groups excluding carboxylic acids is 1. The summed E-state index contributed by atoms with van der Waals surface area (Å²) in [6.45, 7) is 2.29. The molecule has 0 bridgehead atoms. The van der Waals surface area contributed by atoms with E-state index in [2.05, 4.69) is 5.32 Å². The molecular formula is C23H28ClN3O6S2. The molecule has 0 radical (unpaired) electrons. The highest BCUT2D eigenvalue weighted by atomic mass is 35.5. The molecule has 1 amide bonds. The Bertz CT molecular complexity index is 1270. The van der Waals surface area contributed by atoms with Crippen LogP contribution in [0.5, 0.6) is 5.75 Å². The maximum atomic E-state index is 12.9. The number of ether oxygens (including phenoxy) is 1. The Hall–Kier alpha value is -2.18. The van der Waals surface area contributed by atoms with E-state index in [0.29, 0.717) is 31.9 Å². The van der Waals surface area contributed by atoms with Crippen molar-refractivity contribution >= 4 is 37.6 Å². The minimum Gasteiger partial charge on any atom is -0.492 e. The molecule has 0 aliphatic carbocycles. The minimum absolute atomic E-state index is 0.0751. The Morgan fingerprint density at radius 1 is 0.857 bits per heavy atom. The summed E-state index contributed by atoms with van der Waals surface area (Å²) in [5.41, 5.74) is 0.184. The number of amides is 1. The van der Waals surface area contributed by atoms with Gasteiger partial charge in [-0.3, -0.25) is 4.79 Å². The third-order valence-corrected chi connectivity index (χ3v) is 10.4. The first kappa shape index (κ1) is 25.9. The second kappa shape index (κ2) is 10.8. The first-order valence-corrected chi connectivity index (χ1v) is 14.8. The lowest BCUT2D eigenvalue weighted by Gasteiger charge is -2.17. The van der Waals surface area contributed by atoms with Crippen molar-refractivity contribution in [2.75, 3.05) is 39.3 Å². The predicted molar refractivity (Wildman–Crippen MR) is 132 cm³/mol. The zero-order valence-electron chi connectivity index (χ0n) is 19.2. The van der Waals surface area contributed by atoms with Gasteiger partial charge in [-0.25, -0.2) is 16.8 Å². The lowest BCUT2D eigenvalue weighted by Crippen LogP contribution is -2.30. The van der Waals surface area contributed by atoms with E-state index in [1.165, 1.54) is 38.9 Å². The quantitative estimate of drug-likeness (QED) is 0.488. The molecule has 1 N–H and O–H groups in total. The first-order valence-electron chi connectivity index (χ1n) is 11.5. The fourth-order valence-corrected chi connectivity index (χ4v) is 7.67. The monoisotopic (exact) mass is 541 g/mol. The van der Waals surface area contributed by atoms with Crippen molar-refractivity contribution < 1.29 is 26.4 Å². The van der Waals surface area contributed by atoms with Gasteiger partial charge in [-0.1, -0.05) is 11.6 Å². The van der Waals surface area contributed by atoms with Gasteiger partial charge in [-0.05, 0) is 68.1 Å². The molecule has 12 heteroatoms. The molecule has 2 aromatic carbocycles. The number of carbonyl (C=O) groups is 1. The molecule has 2 aromatic rings. The van der Waals surface area contributed by atoms with Crippen LogP contribution in [0.15, 0.2) is 52.3 Å². The van der Waals surface area contributed by atoms with E-state index < -0.39 is 26.0 Å². The van der Waals surface area contributed by atoms with Crippen molar-refractivity contribution in [3.05, 3.63) is 53.1 Å². The number of benzene rings is 2. The molecule has 190 valence electrons. The van der Waals surface area contributed by atoms with Crippen LogP contribution in [0.25, 0.3) is 0 Å². The van der Waals surface area contributed by atoms with Gasteiger partial charge in [0, 0.05) is 31.7 Å². The summed E-state index contributed by atoms with van der Waals surface area (Å²) in [5, 5.41) is 2.77. The van der Waals surface area contributed by atoms with E-state index in [1.807, 2.05) is 0 Å². The summed E-state index contributed by atoms with van der Waals surface area (Å²) in [4.78, 5) is 12.7. The van der Waals surface area contributed by atoms with Gasteiger partial charge in [0.05, 0.1) is 16.5 Å². The molecule has 0 aromatic heterocycles. The number of hydrogen-bond acceptors (Lipinski definition) is 6. The van der Waals surface area contributed by atoms with Crippen LogP contribution in [-0.4, -0.2) is 70.7 Å². The zero-order chi connectivity index (χ0) is 25.1. The second-order valence-corrected chi connectivity index (χ2v) is 12.7. The van der Waals surface area contributed by atoms with Crippen LogP contribution in [0.3, 0.4) is 0 Å². The Balaban J connectivity index is 1.31. The van der Waals surface area contributed by atoms with Crippen molar-refractivity contribution in [2.45, 2.75) is 35.5 Å². The van der Waals surface area contributed by atoms with Gasteiger partial charge in [0.15, 0.2) is 0 Å². The van der Waals surface area contributed by atoms with Gasteiger partial charge >= 0.3 is 0 Å². The molecule has 2 aliphatic heterocycles. The second-order valence-electron chi connectivity index (χ2n) is 8.44. The van der Waals surface area contributed by atoms with Crippen LogP contribution in [0.2, 0.25) is 5.02 Å². The average Bonchev–Trinajstić information content (AvgIpc) is 3.57. The third kappa shape index (κ3) is 5.80. The minimum atomic E-state index is -3.76. The smallest absolute Gasteiger partial charge is 0.251 e. The van der Waals surface area contributed by atoms with Crippen LogP contribution in [-0.2, 0) is 20.0 Å². The van der Waals surface area contributed by atoms with Crippen molar-refractivity contribution in [2.24, 2.45) is 0 Å². The highest BCUT2D eigenvalue weighted by Crippen LogP contribution is 2.28. The van der Waals surface area contributed by atoms with Crippen LogP contribution in [0.4, 0.5) is 0 Å². The van der Waals surface area contributed by atoms with E-state index in [0.717, 1.165) is 25.7 Å². The predicted octanol–water partition coefficient (Wildman–Crippen LogP) is 2.72. The SMILES string of the molecule is O=C(NCCOc1ccc(S(=O)(=O)N2CCCC2)cc1)c1ccc(Cl)c(S(=O)(=O)N2CCCC2)c1. The summed E-state index contributed by atoms with van der Waals surface area (Å²) in [6.07, 6.45) is 3.34. The third-order valence-electron chi connectivity index (χ3n) is 6.06. The van der Waals surface area contributed by atoms with E-state index in [1.54, 1.807) is 12.1 Å². The number of sulfonamides is 2. The van der Waals surface area contributed by atoms with Crippen molar-refractivity contribution in [1.82, 2.24) is 13.9 Å². The van der Waals surface area contributed by atoms with Crippen LogP contribution in [0, 0.1) is 0 Å². The van der Waals surface area contributed by atoms with E-state index in [-0.39, 0.29) is 33.5 Å². The average molecular weight is 542 g/mol. The Kier molecular flexibility index (Phi) is 8.02. The summed E-state index contributed by atoms with van der Waals surface area (Å²) < 4.78 is 59.4. The highest BCUT2D eigenvalue weighted by Gasteiger charge is 2.30. The number of nitrogens with one attached hydrogen (secondary N) is 1. The number of nitrogens with zero attached hydrogens (tertiary/aromatic N) is 2. The highest BCUT2D eigenvalue weighted by molar-refractivity contribution is 7.89. The van der Waals surface area contributed by atoms with Crippen LogP contribution in [0.1, 0.15) is 36.0 Å². The van der Waals surface area contributed by atoms with E-state index in [9.17, 15) is 21.6 Å². The molecule has 2 saturated heterocycles. The Labute approximate surface area is 211 Å². The van der Waals surface area contributed by atoms with Crippen molar-refractivity contribution in [1.29, 1.82) is 0 Å².